The first-order valence-corrected chi connectivity index (χ1v) is 9.65. The van der Waals surface area contributed by atoms with Crippen molar-refractivity contribution in [2.24, 2.45) is 0 Å². The van der Waals surface area contributed by atoms with Gasteiger partial charge in [-0.2, -0.15) is 5.10 Å². The number of fused-ring (bicyclic) bond motifs is 1. The van der Waals surface area contributed by atoms with Crippen LogP contribution in [0.4, 0.5) is 10.5 Å². The van der Waals surface area contributed by atoms with Gasteiger partial charge in [0.05, 0.1) is 28.0 Å². The number of nitrogens with one attached hydrogen (secondary N) is 2. The van der Waals surface area contributed by atoms with Crippen LogP contribution in [-0.4, -0.2) is 33.4 Å². The Balaban J connectivity index is 1.44. The Morgan fingerprint density at radius 3 is 3.23 bits per heavy atom. The Morgan fingerprint density at radius 2 is 2.38 bits per heavy atom. The second-order valence-corrected chi connectivity index (χ2v) is 7.19. The van der Waals surface area contributed by atoms with Crippen molar-refractivity contribution in [2.45, 2.75) is 38.5 Å². The number of carbonyl (C=O) groups is 1. The Hall–Kier alpha value is -2.45. The molecule has 2 amide bonds. The fraction of sp³-hybridized carbons (Fsp3) is 0.389. The molecule has 26 heavy (non-hydrogen) atoms. The summed E-state index contributed by atoms with van der Waals surface area (Å²) in [6, 6.07) is 5.41. The molecule has 1 fully saturated rings. The molecule has 0 unspecified atom stereocenters. The van der Waals surface area contributed by atoms with Crippen molar-refractivity contribution in [2.75, 3.05) is 11.9 Å². The topological polar surface area (TPSA) is 81.1 Å². The van der Waals surface area contributed by atoms with Crippen molar-refractivity contribution in [1.82, 2.24) is 20.1 Å². The first-order chi connectivity index (χ1) is 12.7. The van der Waals surface area contributed by atoms with Gasteiger partial charge in [-0.25, -0.2) is 9.78 Å². The maximum Gasteiger partial charge on any atom is 0.319 e. The molecule has 3 aromatic rings. The van der Waals surface area contributed by atoms with Crippen LogP contribution in [0.2, 0.25) is 0 Å². The van der Waals surface area contributed by atoms with Gasteiger partial charge in [-0.05, 0) is 38.0 Å². The standard InChI is InChI=1S/C18H21N5O2S/c1-2-23-10-12(9-20-23)17-15(4-3-7-25-17)22-18(24)21-13-5-6-14-16(8-13)26-11-19-14/h5-6,8-11,15,17H,2-4,7H2,1H3,(H2,21,22,24)/t15-,17+/m0/s1. The molecule has 0 radical (unpaired) electrons. The van der Waals surface area contributed by atoms with E-state index in [1.807, 2.05) is 42.2 Å². The molecule has 0 aliphatic carbocycles. The summed E-state index contributed by atoms with van der Waals surface area (Å²) in [5.41, 5.74) is 4.50. The van der Waals surface area contributed by atoms with E-state index in [2.05, 4.69) is 20.7 Å². The highest BCUT2D eigenvalue weighted by Gasteiger charge is 2.29. The second kappa shape index (κ2) is 7.43. The largest absolute Gasteiger partial charge is 0.371 e. The highest BCUT2D eigenvalue weighted by atomic mass is 32.1. The molecule has 8 heteroatoms. The summed E-state index contributed by atoms with van der Waals surface area (Å²) in [5, 5.41) is 10.3. The van der Waals surface area contributed by atoms with Crippen LogP contribution in [0.15, 0.2) is 36.1 Å². The molecule has 1 saturated heterocycles. The summed E-state index contributed by atoms with van der Waals surface area (Å²) in [4.78, 5) is 16.7. The summed E-state index contributed by atoms with van der Waals surface area (Å²) >= 11 is 1.55. The molecule has 7 nitrogen and oxygen atoms in total. The third kappa shape index (κ3) is 3.56. The van der Waals surface area contributed by atoms with Crippen molar-refractivity contribution in [3.8, 4) is 0 Å². The first kappa shape index (κ1) is 17.0. The fourth-order valence-corrected chi connectivity index (χ4v) is 3.94. The van der Waals surface area contributed by atoms with Gasteiger partial charge >= 0.3 is 6.03 Å². The third-order valence-electron chi connectivity index (χ3n) is 4.53. The second-order valence-electron chi connectivity index (χ2n) is 6.30. The van der Waals surface area contributed by atoms with Crippen LogP contribution < -0.4 is 10.6 Å². The number of urea groups is 1. The molecular weight excluding hydrogens is 350 g/mol. The van der Waals surface area contributed by atoms with Crippen LogP contribution in [0.25, 0.3) is 10.2 Å². The van der Waals surface area contributed by atoms with Crippen molar-refractivity contribution in [1.29, 1.82) is 0 Å². The van der Waals surface area contributed by atoms with Crippen LogP contribution in [0, 0.1) is 0 Å². The number of ether oxygens (including phenoxy) is 1. The summed E-state index contributed by atoms with van der Waals surface area (Å²) < 4.78 is 8.85. The van der Waals surface area contributed by atoms with Gasteiger partial charge in [-0.1, -0.05) is 0 Å². The average Bonchev–Trinajstić information content (AvgIpc) is 3.30. The van der Waals surface area contributed by atoms with Gasteiger partial charge in [0.2, 0.25) is 0 Å². The van der Waals surface area contributed by atoms with Gasteiger partial charge < -0.3 is 15.4 Å². The van der Waals surface area contributed by atoms with Crippen LogP contribution in [0.1, 0.15) is 31.4 Å². The number of anilines is 1. The fourth-order valence-electron chi connectivity index (χ4n) is 3.23. The van der Waals surface area contributed by atoms with E-state index in [-0.39, 0.29) is 18.2 Å². The van der Waals surface area contributed by atoms with Crippen molar-refractivity contribution < 1.29 is 9.53 Å². The van der Waals surface area contributed by atoms with Crippen LogP contribution in [0.3, 0.4) is 0 Å². The van der Waals surface area contributed by atoms with Crippen LogP contribution in [0.5, 0.6) is 0 Å². The van der Waals surface area contributed by atoms with E-state index in [0.717, 1.165) is 40.9 Å². The van der Waals surface area contributed by atoms with E-state index in [9.17, 15) is 4.79 Å². The van der Waals surface area contributed by atoms with Gasteiger partial charge in [0.15, 0.2) is 0 Å². The number of thiazole rings is 1. The summed E-state index contributed by atoms with van der Waals surface area (Å²) in [5.74, 6) is 0. The molecule has 0 bridgehead atoms. The Bertz CT molecular complexity index is 906. The molecule has 0 saturated carbocycles. The number of aromatic nitrogens is 3. The minimum absolute atomic E-state index is 0.0783. The first-order valence-electron chi connectivity index (χ1n) is 8.77. The highest BCUT2D eigenvalue weighted by molar-refractivity contribution is 7.16. The van der Waals surface area contributed by atoms with Gasteiger partial charge in [0.1, 0.15) is 6.10 Å². The zero-order chi connectivity index (χ0) is 17.9. The maximum absolute atomic E-state index is 12.5. The monoisotopic (exact) mass is 371 g/mol. The SMILES string of the molecule is CCn1cc([C@H]2OCCC[C@@H]2NC(=O)Nc2ccc3ncsc3c2)cn1. The zero-order valence-corrected chi connectivity index (χ0v) is 15.3. The smallest absolute Gasteiger partial charge is 0.319 e. The molecule has 2 N–H and O–H groups in total. The van der Waals surface area contributed by atoms with Gasteiger partial charge in [0.25, 0.3) is 0 Å². The lowest BCUT2D eigenvalue weighted by Gasteiger charge is -2.31. The summed E-state index contributed by atoms with van der Waals surface area (Å²) in [7, 11) is 0. The van der Waals surface area contributed by atoms with E-state index < -0.39 is 0 Å². The number of amides is 2. The molecule has 2 atom stereocenters. The lowest BCUT2D eigenvalue weighted by molar-refractivity contribution is -0.00701. The number of nitrogens with zero attached hydrogens (tertiary/aromatic N) is 3. The van der Waals surface area contributed by atoms with Crippen molar-refractivity contribution in [3.05, 3.63) is 41.7 Å². The molecule has 1 aliphatic heterocycles. The van der Waals surface area contributed by atoms with E-state index in [1.54, 1.807) is 16.8 Å². The minimum Gasteiger partial charge on any atom is -0.371 e. The molecule has 1 aromatic carbocycles. The molecule has 1 aliphatic rings. The molecule has 0 spiro atoms. The highest BCUT2D eigenvalue weighted by Crippen LogP contribution is 2.28. The average molecular weight is 371 g/mol. The number of carbonyl (C=O) groups excluding carboxylic acids is 1. The zero-order valence-electron chi connectivity index (χ0n) is 14.5. The lowest BCUT2D eigenvalue weighted by atomic mass is 9.98. The predicted molar refractivity (Wildman–Crippen MR) is 101 cm³/mol. The Morgan fingerprint density at radius 1 is 1.46 bits per heavy atom. The van der Waals surface area contributed by atoms with E-state index in [1.165, 1.54) is 0 Å². The summed E-state index contributed by atoms with van der Waals surface area (Å²) in [6.45, 7) is 3.55. The quantitative estimate of drug-likeness (QED) is 0.735. The Kier molecular flexibility index (Phi) is 4.85. The van der Waals surface area contributed by atoms with Gasteiger partial charge in [-0.3, -0.25) is 4.68 Å². The molecule has 136 valence electrons. The minimum atomic E-state index is -0.225. The van der Waals surface area contributed by atoms with E-state index >= 15 is 0 Å². The van der Waals surface area contributed by atoms with Crippen LogP contribution in [-0.2, 0) is 11.3 Å². The molecular formula is C18H21N5O2S. The predicted octanol–water partition coefficient (Wildman–Crippen LogP) is 3.55. The maximum atomic E-state index is 12.5. The molecule has 2 aromatic heterocycles. The van der Waals surface area contributed by atoms with E-state index in [4.69, 9.17) is 4.74 Å². The summed E-state index contributed by atoms with van der Waals surface area (Å²) in [6.07, 6.45) is 5.45. The van der Waals surface area contributed by atoms with Crippen LogP contribution >= 0.6 is 11.3 Å². The number of hydrogen-bond acceptors (Lipinski definition) is 5. The van der Waals surface area contributed by atoms with Gasteiger partial charge in [0, 0.05) is 30.6 Å². The normalized spacial score (nSPS) is 20.2. The third-order valence-corrected chi connectivity index (χ3v) is 5.33. The number of hydrogen-bond donors (Lipinski definition) is 2. The lowest BCUT2D eigenvalue weighted by Crippen LogP contribution is -2.44. The number of aryl methyl sites for hydroxylation is 1. The van der Waals surface area contributed by atoms with E-state index in [0.29, 0.717) is 6.61 Å². The van der Waals surface area contributed by atoms with Crippen molar-refractivity contribution >= 4 is 33.3 Å². The number of benzene rings is 1. The Labute approximate surface area is 155 Å². The van der Waals surface area contributed by atoms with Crippen molar-refractivity contribution in [3.63, 3.8) is 0 Å². The molecule has 4 rings (SSSR count). The van der Waals surface area contributed by atoms with Gasteiger partial charge in [-0.15, -0.1) is 11.3 Å². The molecule has 3 heterocycles. The number of rotatable bonds is 4.